The largest absolute Gasteiger partial charge is 0.359 e. The molecule has 0 saturated carbocycles. The Bertz CT molecular complexity index is 297. The van der Waals surface area contributed by atoms with Crippen molar-refractivity contribution in [2.24, 2.45) is 0 Å². The first kappa shape index (κ1) is 10.5. The third-order valence-electron chi connectivity index (χ3n) is 2.46. The molecule has 13 heavy (non-hydrogen) atoms. The molecule has 0 aromatic heterocycles. The van der Waals surface area contributed by atoms with Crippen molar-refractivity contribution in [3.63, 3.8) is 0 Å². The van der Waals surface area contributed by atoms with Gasteiger partial charge in [0.15, 0.2) is 9.84 Å². The van der Waals surface area contributed by atoms with E-state index in [-0.39, 0.29) is 5.25 Å². The topological polar surface area (TPSA) is 61.2 Å². The molecule has 1 fully saturated rings. The second kappa shape index (κ2) is 3.65. The van der Waals surface area contributed by atoms with Gasteiger partial charge in [0.05, 0.1) is 11.1 Å². The van der Waals surface area contributed by atoms with Crippen LogP contribution >= 0.6 is 0 Å². The number of hydrogen-bond acceptors (Lipinski definition) is 3. The zero-order chi connectivity index (χ0) is 10.1. The van der Waals surface area contributed by atoms with E-state index >= 15 is 0 Å². The predicted molar refractivity (Wildman–Crippen MR) is 52.8 cm³/mol. The number of nitrogens with zero attached hydrogens (tertiary/aromatic N) is 1. The molecule has 1 unspecified atom stereocenters. The quantitative estimate of drug-likeness (QED) is 0.499. The van der Waals surface area contributed by atoms with Crippen molar-refractivity contribution < 1.29 is 8.42 Å². The van der Waals surface area contributed by atoms with Crippen molar-refractivity contribution in [1.82, 2.24) is 4.90 Å². The molecule has 0 bridgehead atoms. The zero-order valence-corrected chi connectivity index (χ0v) is 8.89. The average Bonchev–Trinajstić information content (AvgIpc) is 2.03. The van der Waals surface area contributed by atoms with Gasteiger partial charge in [0.2, 0.25) is 0 Å². The third-order valence-corrected chi connectivity index (χ3v) is 4.05. The Morgan fingerprint density at radius 1 is 1.54 bits per heavy atom. The van der Waals surface area contributed by atoms with Crippen LogP contribution in [-0.2, 0) is 9.84 Å². The van der Waals surface area contributed by atoms with Crippen LogP contribution in [0.25, 0.3) is 0 Å². The van der Waals surface area contributed by atoms with Crippen LogP contribution in [0.15, 0.2) is 0 Å². The van der Waals surface area contributed by atoms with Gasteiger partial charge in [0.1, 0.15) is 0 Å². The molecule has 1 atom stereocenters. The minimum Gasteiger partial charge on any atom is -0.359 e. The molecule has 1 aliphatic rings. The summed E-state index contributed by atoms with van der Waals surface area (Å²) in [5, 5.41) is 7.14. The van der Waals surface area contributed by atoms with Crippen molar-refractivity contribution in [3.05, 3.63) is 0 Å². The predicted octanol–water partition coefficient (Wildman–Crippen LogP) is 0.493. The number of likely N-dealkylation sites (tertiary alicyclic amines) is 1. The second-order valence-corrected chi connectivity index (χ2v) is 5.95. The molecule has 0 spiro atoms. The number of sulfone groups is 1. The van der Waals surface area contributed by atoms with Gasteiger partial charge in [-0.05, 0) is 19.8 Å². The molecule has 1 N–H and O–H groups in total. The van der Waals surface area contributed by atoms with E-state index in [9.17, 15) is 8.42 Å². The fourth-order valence-electron chi connectivity index (χ4n) is 1.59. The van der Waals surface area contributed by atoms with E-state index in [1.54, 1.807) is 6.92 Å². The molecule has 1 heterocycles. The monoisotopic (exact) mass is 204 g/mol. The summed E-state index contributed by atoms with van der Waals surface area (Å²) in [5.41, 5.74) is 0. The molecule has 0 aliphatic carbocycles. The fourth-order valence-corrected chi connectivity index (χ4v) is 2.64. The van der Waals surface area contributed by atoms with Crippen LogP contribution in [0.1, 0.15) is 19.8 Å². The van der Waals surface area contributed by atoms with Gasteiger partial charge >= 0.3 is 0 Å². The van der Waals surface area contributed by atoms with Crippen molar-refractivity contribution in [1.29, 1.82) is 5.41 Å². The van der Waals surface area contributed by atoms with Gasteiger partial charge in [0, 0.05) is 19.3 Å². The molecular weight excluding hydrogens is 188 g/mol. The highest BCUT2D eigenvalue weighted by molar-refractivity contribution is 7.91. The number of hydrogen-bond donors (Lipinski definition) is 1. The summed E-state index contributed by atoms with van der Waals surface area (Å²) in [6.07, 6.45) is 2.89. The third kappa shape index (κ3) is 2.69. The van der Waals surface area contributed by atoms with E-state index < -0.39 is 9.84 Å². The highest BCUT2D eigenvalue weighted by Gasteiger charge is 2.27. The van der Waals surface area contributed by atoms with E-state index in [1.165, 1.54) is 6.26 Å². The maximum Gasteiger partial charge on any atom is 0.152 e. The Balaban J connectivity index is 2.67. The van der Waals surface area contributed by atoms with Crippen LogP contribution in [0.2, 0.25) is 0 Å². The van der Waals surface area contributed by atoms with Crippen LogP contribution in [0.3, 0.4) is 0 Å². The van der Waals surface area contributed by atoms with E-state index in [0.717, 1.165) is 19.4 Å². The van der Waals surface area contributed by atoms with Crippen LogP contribution in [0.4, 0.5) is 0 Å². The molecule has 0 amide bonds. The van der Waals surface area contributed by atoms with Crippen LogP contribution in [0.5, 0.6) is 0 Å². The lowest BCUT2D eigenvalue weighted by atomic mass is 10.1. The summed E-state index contributed by atoms with van der Waals surface area (Å²) in [4.78, 5) is 1.83. The Morgan fingerprint density at radius 3 is 2.62 bits per heavy atom. The van der Waals surface area contributed by atoms with Crippen LogP contribution in [0, 0.1) is 5.41 Å². The van der Waals surface area contributed by atoms with E-state index in [1.807, 2.05) is 4.90 Å². The lowest BCUT2D eigenvalue weighted by Crippen LogP contribution is -2.43. The lowest BCUT2D eigenvalue weighted by Gasteiger charge is -2.32. The molecule has 0 aromatic rings. The van der Waals surface area contributed by atoms with Crippen LogP contribution < -0.4 is 0 Å². The van der Waals surface area contributed by atoms with Gasteiger partial charge < -0.3 is 4.90 Å². The lowest BCUT2D eigenvalue weighted by molar-refractivity contribution is 0.339. The van der Waals surface area contributed by atoms with Gasteiger partial charge in [-0.3, -0.25) is 5.41 Å². The van der Waals surface area contributed by atoms with E-state index in [0.29, 0.717) is 12.4 Å². The maximum absolute atomic E-state index is 11.3. The van der Waals surface area contributed by atoms with Gasteiger partial charge in [-0.2, -0.15) is 0 Å². The van der Waals surface area contributed by atoms with Crippen molar-refractivity contribution in [2.45, 2.75) is 25.0 Å². The first-order valence-corrected chi connectivity index (χ1v) is 6.35. The molecule has 76 valence electrons. The molecular formula is C8H16N2O2S. The fraction of sp³-hybridized carbons (Fsp3) is 0.875. The first-order valence-electron chi connectivity index (χ1n) is 4.40. The van der Waals surface area contributed by atoms with Crippen molar-refractivity contribution >= 4 is 15.7 Å². The highest BCUT2D eigenvalue weighted by atomic mass is 32.2. The molecule has 1 aliphatic heterocycles. The van der Waals surface area contributed by atoms with Gasteiger partial charge in [-0.1, -0.05) is 0 Å². The van der Waals surface area contributed by atoms with Gasteiger partial charge in [0.25, 0.3) is 0 Å². The minimum atomic E-state index is -2.93. The summed E-state index contributed by atoms with van der Waals surface area (Å²) in [6.45, 7) is 3.01. The van der Waals surface area contributed by atoms with Gasteiger partial charge in [-0.25, -0.2) is 8.42 Å². The number of amidine groups is 1. The Hall–Kier alpha value is -0.580. The Kier molecular flexibility index (Phi) is 2.95. The number of nitrogens with one attached hydrogen (secondary N) is 1. The Morgan fingerprint density at radius 2 is 2.15 bits per heavy atom. The highest BCUT2D eigenvalue weighted by Crippen LogP contribution is 2.16. The molecule has 5 heteroatoms. The van der Waals surface area contributed by atoms with Gasteiger partial charge in [-0.15, -0.1) is 0 Å². The summed E-state index contributed by atoms with van der Waals surface area (Å²) in [6, 6.07) is 0. The van der Waals surface area contributed by atoms with E-state index in [2.05, 4.69) is 0 Å². The number of rotatable bonds is 1. The molecule has 1 saturated heterocycles. The van der Waals surface area contributed by atoms with E-state index in [4.69, 9.17) is 5.41 Å². The summed E-state index contributed by atoms with van der Waals surface area (Å²) < 4.78 is 22.5. The number of piperidine rings is 1. The summed E-state index contributed by atoms with van der Waals surface area (Å²) in [7, 11) is -2.93. The minimum absolute atomic E-state index is 0.276. The van der Waals surface area contributed by atoms with Crippen molar-refractivity contribution in [2.75, 3.05) is 19.3 Å². The first-order chi connectivity index (χ1) is 5.91. The standard InChI is InChI=1S/C8H16N2O2S/c1-7(9)10-5-3-4-8(6-10)13(2,11)12/h8-9H,3-6H2,1-2H3. The molecule has 1 rings (SSSR count). The SMILES string of the molecule is CC(=N)N1CCCC(S(C)(=O)=O)C1. The zero-order valence-electron chi connectivity index (χ0n) is 8.08. The molecule has 0 aromatic carbocycles. The molecule has 4 nitrogen and oxygen atoms in total. The smallest absolute Gasteiger partial charge is 0.152 e. The second-order valence-electron chi connectivity index (χ2n) is 3.63. The van der Waals surface area contributed by atoms with Crippen molar-refractivity contribution in [3.8, 4) is 0 Å². The normalized spacial score (nSPS) is 24.5. The Labute approximate surface area is 79.4 Å². The maximum atomic E-state index is 11.3. The average molecular weight is 204 g/mol. The molecule has 0 radical (unpaired) electrons. The summed E-state index contributed by atoms with van der Waals surface area (Å²) in [5.74, 6) is 0.466. The van der Waals surface area contributed by atoms with Crippen LogP contribution in [-0.4, -0.2) is 43.7 Å². The summed E-state index contributed by atoms with van der Waals surface area (Å²) >= 11 is 0.